The fourth-order valence-electron chi connectivity index (χ4n) is 1.88. The van der Waals surface area contributed by atoms with Gasteiger partial charge >= 0.3 is 0 Å². The van der Waals surface area contributed by atoms with Crippen molar-refractivity contribution in [2.24, 2.45) is 0 Å². The molecule has 1 saturated carbocycles. The second-order valence-corrected chi connectivity index (χ2v) is 5.64. The minimum absolute atomic E-state index is 0.545. The third-order valence-corrected chi connectivity index (χ3v) is 3.59. The molecular weight excluding hydrogens is 274 g/mol. The molecule has 3 nitrogen and oxygen atoms in total. The fraction of sp³-hybridized carbons (Fsp3) is 0.625. The van der Waals surface area contributed by atoms with Crippen LogP contribution in [0.3, 0.4) is 0 Å². The van der Waals surface area contributed by atoms with E-state index in [1.54, 1.807) is 0 Å². The van der Waals surface area contributed by atoms with Crippen molar-refractivity contribution < 1.29 is 9.47 Å². The predicted octanol–water partition coefficient (Wildman–Crippen LogP) is 3.79. The lowest BCUT2D eigenvalue weighted by molar-refractivity contribution is 0.0981. The molecule has 0 heterocycles. The van der Waals surface area contributed by atoms with Gasteiger partial charge in [0.25, 0.3) is 0 Å². The van der Waals surface area contributed by atoms with E-state index in [-0.39, 0.29) is 0 Å². The largest absolute Gasteiger partial charge is 0.490 e. The Bertz CT molecular complexity index is 407. The molecule has 0 unspecified atom stereocenters. The number of nitrogens with one attached hydrogen (secondary N) is 1. The van der Waals surface area contributed by atoms with Crippen LogP contribution in [0.4, 0.5) is 0 Å². The quantitative estimate of drug-likeness (QED) is 0.667. The Morgan fingerprint density at radius 2 is 2.10 bits per heavy atom. The monoisotopic (exact) mass is 297 g/mol. The van der Waals surface area contributed by atoms with E-state index in [0.717, 1.165) is 31.7 Å². The Balaban J connectivity index is 1.68. The van der Waals surface area contributed by atoms with Crippen LogP contribution in [0.1, 0.15) is 38.2 Å². The number of benzene rings is 1. The highest BCUT2D eigenvalue weighted by Gasteiger charge is 2.19. The van der Waals surface area contributed by atoms with Crippen LogP contribution < -0.4 is 10.1 Å². The zero-order valence-corrected chi connectivity index (χ0v) is 12.9. The van der Waals surface area contributed by atoms with E-state index in [2.05, 4.69) is 18.3 Å². The van der Waals surface area contributed by atoms with Gasteiger partial charge in [-0.05, 0) is 37.0 Å². The molecule has 0 radical (unpaired) electrons. The van der Waals surface area contributed by atoms with Crippen molar-refractivity contribution in [2.75, 3.05) is 19.8 Å². The average molecular weight is 298 g/mol. The second-order valence-electron chi connectivity index (χ2n) is 5.23. The van der Waals surface area contributed by atoms with Gasteiger partial charge in [-0.2, -0.15) is 0 Å². The highest BCUT2D eigenvalue weighted by Crippen LogP contribution is 2.26. The molecule has 1 aromatic carbocycles. The summed E-state index contributed by atoms with van der Waals surface area (Å²) in [6, 6.07) is 6.70. The van der Waals surface area contributed by atoms with Gasteiger partial charge in [0.15, 0.2) is 0 Å². The topological polar surface area (TPSA) is 30.5 Å². The second kappa shape index (κ2) is 8.50. The number of hydrogen-bond acceptors (Lipinski definition) is 3. The van der Waals surface area contributed by atoms with E-state index in [1.165, 1.54) is 18.4 Å². The van der Waals surface area contributed by atoms with Crippen molar-refractivity contribution in [1.29, 1.82) is 0 Å². The first-order chi connectivity index (χ1) is 9.79. The van der Waals surface area contributed by atoms with Gasteiger partial charge in [0.1, 0.15) is 12.4 Å². The highest BCUT2D eigenvalue weighted by atomic mass is 35.5. The molecule has 112 valence electrons. The van der Waals surface area contributed by atoms with E-state index < -0.39 is 0 Å². The average Bonchev–Trinajstić information content (AvgIpc) is 3.26. The van der Waals surface area contributed by atoms with Crippen LogP contribution in [-0.4, -0.2) is 25.9 Å². The minimum Gasteiger partial charge on any atom is -0.490 e. The summed E-state index contributed by atoms with van der Waals surface area (Å²) in [5, 5.41) is 4.15. The van der Waals surface area contributed by atoms with Crippen LogP contribution in [0.5, 0.6) is 5.75 Å². The zero-order chi connectivity index (χ0) is 14.2. The Morgan fingerprint density at radius 1 is 1.25 bits per heavy atom. The van der Waals surface area contributed by atoms with Gasteiger partial charge in [-0.25, -0.2) is 0 Å². The minimum atomic E-state index is 0.545. The molecule has 0 spiro atoms. The van der Waals surface area contributed by atoms with Gasteiger partial charge in [0.2, 0.25) is 0 Å². The molecular formula is C16H24ClNO2. The van der Waals surface area contributed by atoms with Crippen LogP contribution in [0.15, 0.2) is 18.2 Å². The molecule has 0 amide bonds. The van der Waals surface area contributed by atoms with Crippen molar-refractivity contribution in [1.82, 2.24) is 5.32 Å². The number of halogens is 1. The SMILES string of the molecule is CCCCOCCOc1ccc(CNC2CC2)cc1Cl. The molecule has 0 saturated heterocycles. The third-order valence-electron chi connectivity index (χ3n) is 3.30. The van der Waals surface area contributed by atoms with Crippen LogP contribution in [-0.2, 0) is 11.3 Å². The maximum Gasteiger partial charge on any atom is 0.138 e. The first-order valence-corrected chi connectivity index (χ1v) is 7.89. The lowest BCUT2D eigenvalue weighted by Crippen LogP contribution is -2.15. The molecule has 20 heavy (non-hydrogen) atoms. The Morgan fingerprint density at radius 3 is 2.80 bits per heavy atom. The van der Waals surface area contributed by atoms with E-state index in [4.69, 9.17) is 21.1 Å². The van der Waals surface area contributed by atoms with Gasteiger partial charge in [-0.1, -0.05) is 31.0 Å². The molecule has 0 bridgehead atoms. The van der Waals surface area contributed by atoms with E-state index in [0.29, 0.717) is 24.3 Å². The Kier molecular flexibility index (Phi) is 6.64. The van der Waals surface area contributed by atoms with Crippen LogP contribution in [0.25, 0.3) is 0 Å². The van der Waals surface area contributed by atoms with Crippen LogP contribution >= 0.6 is 11.6 Å². The lowest BCUT2D eigenvalue weighted by Gasteiger charge is -2.10. The molecule has 1 fully saturated rings. The van der Waals surface area contributed by atoms with Gasteiger partial charge in [0, 0.05) is 19.2 Å². The maximum atomic E-state index is 6.23. The van der Waals surface area contributed by atoms with E-state index >= 15 is 0 Å². The van der Waals surface area contributed by atoms with Gasteiger partial charge in [0.05, 0.1) is 11.6 Å². The van der Waals surface area contributed by atoms with Gasteiger partial charge in [-0.15, -0.1) is 0 Å². The van der Waals surface area contributed by atoms with Crippen LogP contribution in [0, 0.1) is 0 Å². The fourth-order valence-corrected chi connectivity index (χ4v) is 2.14. The van der Waals surface area contributed by atoms with E-state index in [1.807, 2.05) is 12.1 Å². The summed E-state index contributed by atoms with van der Waals surface area (Å²) in [6.45, 7) is 4.99. The summed E-state index contributed by atoms with van der Waals surface area (Å²) in [5.74, 6) is 0.737. The predicted molar refractivity (Wildman–Crippen MR) is 82.5 cm³/mol. The lowest BCUT2D eigenvalue weighted by atomic mass is 10.2. The summed E-state index contributed by atoms with van der Waals surface area (Å²) < 4.78 is 11.1. The number of unbranched alkanes of at least 4 members (excludes halogenated alkanes) is 1. The third kappa shape index (κ3) is 5.70. The summed E-state index contributed by atoms with van der Waals surface area (Å²) >= 11 is 6.23. The van der Waals surface area contributed by atoms with E-state index in [9.17, 15) is 0 Å². The Labute approximate surface area is 126 Å². The molecule has 2 rings (SSSR count). The smallest absolute Gasteiger partial charge is 0.138 e. The molecule has 0 aliphatic heterocycles. The molecule has 1 aliphatic carbocycles. The van der Waals surface area contributed by atoms with Crippen molar-refractivity contribution in [3.63, 3.8) is 0 Å². The normalized spacial score (nSPS) is 14.5. The highest BCUT2D eigenvalue weighted by molar-refractivity contribution is 6.32. The molecule has 1 aliphatic rings. The van der Waals surface area contributed by atoms with Gasteiger partial charge < -0.3 is 14.8 Å². The number of ether oxygens (including phenoxy) is 2. The molecule has 0 atom stereocenters. The first-order valence-electron chi connectivity index (χ1n) is 7.52. The molecule has 1 aromatic rings. The molecule has 4 heteroatoms. The summed E-state index contributed by atoms with van der Waals surface area (Å²) in [6.07, 6.45) is 4.85. The first kappa shape index (κ1) is 15.6. The van der Waals surface area contributed by atoms with Crippen molar-refractivity contribution in [2.45, 2.75) is 45.2 Å². The molecule has 1 N–H and O–H groups in total. The van der Waals surface area contributed by atoms with Crippen molar-refractivity contribution in [3.8, 4) is 5.75 Å². The Hall–Kier alpha value is -0.770. The maximum absolute atomic E-state index is 6.23. The van der Waals surface area contributed by atoms with Crippen LogP contribution in [0.2, 0.25) is 5.02 Å². The summed E-state index contributed by atoms with van der Waals surface area (Å²) in [7, 11) is 0. The summed E-state index contributed by atoms with van der Waals surface area (Å²) in [5.41, 5.74) is 1.20. The molecule has 0 aromatic heterocycles. The zero-order valence-electron chi connectivity index (χ0n) is 12.2. The number of hydrogen-bond donors (Lipinski definition) is 1. The number of rotatable bonds is 10. The summed E-state index contributed by atoms with van der Waals surface area (Å²) in [4.78, 5) is 0. The van der Waals surface area contributed by atoms with Crippen molar-refractivity contribution in [3.05, 3.63) is 28.8 Å². The van der Waals surface area contributed by atoms with Gasteiger partial charge in [-0.3, -0.25) is 0 Å². The van der Waals surface area contributed by atoms with Crippen molar-refractivity contribution >= 4 is 11.6 Å². The standard InChI is InChI=1S/C16H24ClNO2/c1-2-3-8-19-9-10-20-16-7-4-13(11-15(16)17)12-18-14-5-6-14/h4,7,11,14,18H,2-3,5-6,8-10,12H2,1H3.